The van der Waals surface area contributed by atoms with Gasteiger partial charge in [-0.15, -0.1) is 0 Å². The predicted molar refractivity (Wildman–Crippen MR) is 118 cm³/mol. The number of alkyl halides is 3. The van der Waals surface area contributed by atoms with Gasteiger partial charge in [-0.2, -0.15) is 13.2 Å². The Bertz CT molecular complexity index is 1130. The number of benzene rings is 1. The smallest absolute Gasteiger partial charge is 0.379 e. The molecule has 0 unspecified atom stereocenters. The van der Waals surface area contributed by atoms with Gasteiger partial charge in [0.2, 0.25) is 17.8 Å². The molecule has 2 bridgehead atoms. The Balaban J connectivity index is 1.35. The fourth-order valence-electron chi connectivity index (χ4n) is 4.97. The summed E-state index contributed by atoms with van der Waals surface area (Å²) in [6.07, 6.45) is 0.853. The Morgan fingerprint density at radius 2 is 1.85 bits per heavy atom. The molecule has 2 aromatic rings. The average Bonchev–Trinajstić information content (AvgIpc) is 3.31. The summed E-state index contributed by atoms with van der Waals surface area (Å²) in [5.74, 6) is -0.565. The molecular weight excluding hydrogens is 449 g/mol. The van der Waals surface area contributed by atoms with Crippen LogP contribution in [0, 0.1) is 0 Å². The van der Waals surface area contributed by atoms with Crippen LogP contribution in [0.5, 0.6) is 0 Å². The molecule has 2 fully saturated rings. The number of nitrogens with one attached hydrogen (secondary N) is 3. The highest BCUT2D eigenvalue weighted by atomic mass is 19.4. The van der Waals surface area contributed by atoms with Crippen LogP contribution in [0.4, 0.5) is 30.5 Å². The minimum Gasteiger partial charge on any atom is -0.379 e. The van der Waals surface area contributed by atoms with E-state index in [1.807, 2.05) is 12.1 Å². The van der Waals surface area contributed by atoms with Crippen molar-refractivity contribution >= 4 is 29.1 Å². The molecule has 0 spiro atoms. The van der Waals surface area contributed by atoms with Gasteiger partial charge in [-0.25, -0.2) is 9.97 Å². The maximum atomic E-state index is 13.6. The number of rotatable bonds is 6. The number of nitrogens with zero attached hydrogens (tertiary/aromatic N) is 3. The van der Waals surface area contributed by atoms with Crippen LogP contribution >= 0.6 is 0 Å². The van der Waals surface area contributed by atoms with Crippen LogP contribution < -0.4 is 16.0 Å². The van der Waals surface area contributed by atoms with Gasteiger partial charge < -0.3 is 20.9 Å². The summed E-state index contributed by atoms with van der Waals surface area (Å²) in [5.41, 5.74) is 1.43. The van der Waals surface area contributed by atoms with Crippen molar-refractivity contribution in [3.63, 3.8) is 0 Å². The minimum absolute atomic E-state index is 0.0203. The highest BCUT2D eigenvalue weighted by Crippen LogP contribution is 2.53. The third kappa shape index (κ3) is 4.14. The van der Waals surface area contributed by atoms with Crippen LogP contribution in [-0.2, 0) is 15.8 Å². The summed E-state index contributed by atoms with van der Waals surface area (Å²) in [6, 6.07) is 5.33. The molecule has 3 aliphatic rings. The van der Waals surface area contributed by atoms with E-state index in [1.54, 1.807) is 11.0 Å². The SMILES string of the molecule is CC(=O)NCC(=O)N1[C@@H]2CC[C@H]1c1cc(Nc3ncc(NC4CCC4)c(C(F)(F)F)n3)ccc12. The molecule has 5 rings (SSSR count). The summed E-state index contributed by atoms with van der Waals surface area (Å²) < 4.78 is 40.9. The van der Waals surface area contributed by atoms with E-state index in [2.05, 4.69) is 25.9 Å². The second-order valence-electron chi connectivity index (χ2n) is 9.01. The molecule has 2 atom stereocenters. The molecule has 1 aromatic heterocycles. The molecule has 2 aliphatic heterocycles. The van der Waals surface area contributed by atoms with Crippen molar-refractivity contribution in [2.45, 2.75) is 63.3 Å². The van der Waals surface area contributed by atoms with Crippen LogP contribution in [0.2, 0.25) is 0 Å². The van der Waals surface area contributed by atoms with Gasteiger partial charge in [0.15, 0.2) is 5.69 Å². The van der Waals surface area contributed by atoms with E-state index in [4.69, 9.17) is 0 Å². The maximum absolute atomic E-state index is 13.6. The van der Waals surface area contributed by atoms with Crippen LogP contribution in [0.1, 0.15) is 67.9 Å². The van der Waals surface area contributed by atoms with Gasteiger partial charge in [-0.3, -0.25) is 9.59 Å². The third-order valence-electron chi connectivity index (χ3n) is 6.74. The summed E-state index contributed by atoms with van der Waals surface area (Å²) in [5, 5.41) is 8.33. The first-order valence-electron chi connectivity index (χ1n) is 11.4. The topological polar surface area (TPSA) is 99.3 Å². The maximum Gasteiger partial charge on any atom is 0.435 e. The first-order chi connectivity index (χ1) is 16.2. The summed E-state index contributed by atoms with van der Waals surface area (Å²) in [7, 11) is 0. The van der Waals surface area contributed by atoms with E-state index in [0.29, 0.717) is 5.69 Å². The van der Waals surface area contributed by atoms with Gasteiger partial charge in [0.25, 0.3) is 0 Å². The molecule has 1 aromatic carbocycles. The van der Waals surface area contributed by atoms with Gasteiger partial charge in [-0.1, -0.05) is 6.07 Å². The normalized spacial score (nSPS) is 21.1. The number of hydrogen-bond acceptors (Lipinski definition) is 6. The van der Waals surface area contributed by atoms with Crippen molar-refractivity contribution in [3.8, 4) is 0 Å². The molecule has 1 saturated heterocycles. The Morgan fingerprint density at radius 1 is 1.12 bits per heavy atom. The molecule has 180 valence electrons. The molecule has 1 saturated carbocycles. The quantitative estimate of drug-likeness (QED) is 0.584. The van der Waals surface area contributed by atoms with E-state index in [1.165, 1.54) is 13.1 Å². The average molecular weight is 474 g/mol. The second kappa shape index (κ2) is 8.44. The van der Waals surface area contributed by atoms with Crippen LogP contribution in [-0.4, -0.2) is 39.3 Å². The van der Waals surface area contributed by atoms with E-state index < -0.39 is 11.9 Å². The lowest BCUT2D eigenvalue weighted by atomic mass is 9.91. The van der Waals surface area contributed by atoms with E-state index in [9.17, 15) is 22.8 Å². The molecule has 34 heavy (non-hydrogen) atoms. The Hall–Kier alpha value is -3.37. The number of hydrogen-bond donors (Lipinski definition) is 3. The van der Waals surface area contributed by atoms with Gasteiger partial charge in [0, 0.05) is 18.7 Å². The molecule has 8 nitrogen and oxygen atoms in total. The molecule has 11 heteroatoms. The van der Waals surface area contributed by atoms with Crippen molar-refractivity contribution in [2.24, 2.45) is 0 Å². The zero-order valence-corrected chi connectivity index (χ0v) is 18.6. The largest absolute Gasteiger partial charge is 0.435 e. The van der Waals surface area contributed by atoms with E-state index in [0.717, 1.165) is 43.2 Å². The van der Waals surface area contributed by atoms with E-state index >= 15 is 0 Å². The Morgan fingerprint density at radius 3 is 2.50 bits per heavy atom. The number of amides is 2. The van der Waals surface area contributed by atoms with Crippen molar-refractivity contribution < 1.29 is 22.8 Å². The lowest BCUT2D eigenvalue weighted by Gasteiger charge is -2.28. The van der Waals surface area contributed by atoms with E-state index in [-0.39, 0.29) is 48.1 Å². The Labute approximate surface area is 194 Å². The van der Waals surface area contributed by atoms with Crippen molar-refractivity contribution in [2.75, 3.05) is 17.2 Å². The number of carbonyl (C=O) groups is 2. The predicted octanol–water partition coefficient (Wildman–Crippen LogP) is 4.06. The number of aromatic nitrogens is 2. The van der Waals surface area contributed by atoms with Gasteiger partial charge in [0.1, 0.15) is 0 Å². The molecule has 2 amide bonds. The fourth-order valence-corrected chi connectivity index (χ4v) is 4.97. The first kappa shape index (κ1) is 22.4. The van der Waals surface area contributed by atoms with Gasteiger partial charge in [0.05, 0.1) is 30.5 Å². The third-order valence-corrected chi connectivity index (χ3v) is 6.74. The number of carbonyl (C=O) groups excluding carboxylic acids is 2. The number of halogens is 3. The molecular formula is C23H25F3N6O2. The Kier molecular flexibility index (Phi) is 5.57. The summed E-state index contributed by atoms with van der Waals surface area (Å²) in [6.45, 7) is 1.30. The van der Waals surface area contributed by atoms with Crippen LogP contribution in [0.3, 0.4) is 0 Å². The zero-order valence-electron chi connectivity index (χ0n) is 18.6. The highest BCUT2D eigenvalue weighted by molar-refractivity contribution is 5.85. The second-order valence-corrected chi connectivity index (χ2v) is 9.01. The zero-order chi connectivity index (χ0) is 24.0. The highest BCUT2D eigenvalue weighted by Gasteiger charge is 2.46. The molecule has 3 N–H and O–H groups in total. The van der Waals surface area contributed by atoms with Crippen molar-refractivity contribution in [3.05, 3.63) is 41.2 Å². The lowest BCUT2D eigenvalue weighted by Crippen LogP contribution is -2.37. The molecule has 1 aliphatic carbocycles. The monoisotopic (exact) mass is 474 g/mol. The molecule has 0 radical (unpaired) electrons. The lowest BCUT2D eigenvalue weighted by molar-refractivity contribution is -0.140. The van der Waals surface area contributed by atoms with Crippen molar-refractivity contribution in [1.82, 2.24) is 20.2 Å². The molecule has 3 heterocycles. The number of anilines is 3. The summed E-state index contributed by atoms with van der Waals surface area (Å²) >= 11 is 0. The van der Waals surface area contributed by atoms with Crippen LogP contribution in [0.25, 0.3) is 0 Å². The van der Waals surface area contributed by atoms with Gasteiger partial charge >= 0.3 is 6.18 Å². The minimum atomic E-state index is -4.61. The number of fused-ring (bicyclic) bond motifs is 5. The fraction of sp³-hybridized carbons (Fsp3) is 0.478. The van der Waals surface area contributed by atoms with Crippen molar-refractivity contribution in [1.29, 1.82) is 0 Å². The van der Waals surface area contributed by atoms with Gasteiger partial charge in [-0.05, 0) is 55.4 Å². The summed E-state index contributed by atoms with van der Waals surface area (Å²) in [4.78, 5) is 33.5. The standard InChI is InChI=1S/C23H25F3N6O2/c1-12(33)27-11-20(34)32-18-7-8-19(32)16-9-14(5-6-15(16)18)30-22-28-10-17(29-13-3-2-4-13)21(31-22)23(24,25)26/h5-6,9-10,13,18-19,29H,2-4,7-8,11H2,1H3,(H,27,33)(H,28,30,31)/t18-,19+/m1/s1. The first-order valence-corrected chi connectivity index (χ1v) is 11.4. The van der Waals surface area contributed by atoms with Crippen LogP contribution in [0.15, 0.2) is 24.4 Å².